The molecule has 2 heterocycles. The standard InChI is InChI=1S/C16H20N4O3S/c1-2-3-6-17-14(21)13-8-24-9-20(13)15(22)10-4-5-11-12(7-10)19-16(23)18-11/h4-5,7,13H,2-3,6,8-9H2,1H3,(H,17,21)(H2,18,19,23). The molecule has 24 heavy (non-hydrogen) atoms. The zero-order valence-electron chi connectivity index (χ0n) is 13.4. The van der Waals surface area contributed by atoms with E-state index in [2.05, 4.69) is 22.2 Å². The normalized spacial score (nSPS) is 17.4. The summed E-state index contributed by atoms with van der Waals surface area (Å²) in [4.78, 5) is 43.3. The van der Waals surface area contributed by atoms with Crippen LogP contribution >= 0.6 is 11.8 Å². The number of amides is 2. The van der Waals surface area contributed by atoms with Gasteiger partial charge in [0.25, 0.3) is 5.91 Å². The van der Waals surface area contributed by atoms with Crippen LogP contribution in [0.25, 0.3) is 11.0 Å². The van der Waals surface area contributed by atoms with Gasteiger partial charge in [-0.05, 0) is 24.6 Å². The highest BCUT2D eigenvalue weighted by Gasteiger charge is 2.35. The molecule has 1 atom stereocenters. The Kier molecular flexibility index (Phi) is 4.94. The van der Waals surface area contributed by atoms with E-state index in [0.717, 1.165) is 12.8 Å². The predicted octanol–water partition coefficient (Wildman–Crippen LogP) is 1.29. The van der Waals surface area contributed by atoms with Crippen molar-refractivity contribution in [2.45, 2.75) is 25.8 Å². The molecule has 3 rings (SSSR count). The molecule has 0 radical (unpaired) electrons. The van der Waals surface area contributed by atoms with Gasteiger partial charge in [-0.25, -0.2) is 4.79 Å². The number of benzene rings is 1. The van der Waals surface area contributed by atoms with E-state index in [9.17, 15) is 14.4 Å². The summed E-state index contributed by atoms with van der Waals surface area (Å²) in [5.74, 6) is 0.803. The number of H-pyrrole nitrogens is 2. The fourth-order valence-corrected chi connectivity index (χ4v) is 3.85. The van der Waals surface area contributed by atoms with Gasteiger partial charge in [0.2, 0.25) is 5.91 Å². The lowest BCUT2D eigenvalue weighted by atomic mass is 10.1. The molecule has 2 amide bonds. The lowest BCUT2D eigenvalue weighted by molar-refractivity contribution is -0.124. The summed E-state index contributed by atoms with van der Waals surface area (Å²) in [5, 5.41) is 2.90. The van der Waals surface area contributed by atoms with Gasteiger partial charge in [-0.2, -0.15) is 0 Å². The van der Waals surface area contributed by atoms with Crippen molar-refractivity contribution in [3.8, 4) is 0 Å². The minimum absolute atomic E-state index is 0.0991. The zero-order valence-corrected chi connectivity index (χ0v) is 14.2. The maximum Gasteiger partial charge on any atom is 0.323 e. The van der Waals surface area contributed by atoms with Gasteiger partial charge < -0.3 is 20.2 Å². The molecule has 1 aliphatic rings. The van der Waals surface area contributed by atoms with Crippen LogP contribution in [0.1, 0.15) is 30.1 Å². The molecule has 128 valence electrons. The molecule has 1 aromatic heterocycles. The molecule has 0 saturated carbocycles. The highest BCUT2D eigenvalue weighted by atomic mass is 32.2. The van der Waals surface area contributed by atoms with Crippen LogP contribution in [0.2, 0.25) is 0 Å². The van der Waals surface area contributed by atoms with Crippen LogP contribution in [0.4, 0.5) is 0 Å². The van der Waals surface area contributed by atoms with Gasteiger partial charge >= 0.3 is 5.69 Å². The van der Waals surface area contributed by atoms with Crippen molar-refractivity contribution in [1.29, 1.82) is 0 Å². The largest absolute Gasteiger partial charge is 0.354 e. The minimum Gasteiger partial charge on any atom is -0.354 e. The van der Waals surface area contributed by atoms with E-state index in [0.29, 0.717) is 34.8 Å². The summed E-state index contributed by atoms with van der Waals surface area (Å²) in [6.45, 7) is 2.70. The molecule has 3 N–H and O–H groups in total. The van der Waals surface area contributed by atoms with Crippen molar-refractivity contribution >= 4 is 34.6 Å². The number of aromatic amines is 2. The van der Waals surface area contributed by atoms with Gasteiger partial charge in [0, 0.05) is 17.9 Å². The third-order valence-corrected chi connectivity index (χ3v) is 5.05. The van der Waals surface area contributed by atoms with E-state index in [1.807, 2.05) is 0 Å². The van der Waals surface area contributed by atoms with Crippen LogP contribution in [-0.2, 0) is 4.79 Å². The Labute approximate surface area is 143 Å². The van der Waals surface area contributed by atoms with Gasteiger partial charge in [-0.3, -0.25) is 9.59 Å². The van der Waals surface area contributed by atoms with Crippen molar-refractivity contribution in [2.24, 2.45) is 0 Å². The topological polar surface area (TPSA) is 98.1 Å². The molecule has 1 unspecified atom stereocenters. The summed E-state index contributed by atoms with van der Waals surface area (Å²) in [7, 11) is 0. The highest BCUT2D eigenvalue weighted by Crippen LogP contribution is 2.24. The smallest absolute Gasteiger partial charge is 0.323 e. The second-order valence-electron chi connectivity index (χ2n) is 5.77. The van der Waals surface area contributed by atoms with E-state index >= 15 is 0 Å². The van der Waals surface area contributed by atoms with E-state index in [-0.39, 0.29) is 17.5 Å². The van der Waals surface area contributed by atoms with Crippen molar-refractivity contribution in [1.82, 2.24) is 20.2 Å². The first-order chi connectivity index (χ1) is 11.6. The SMILES string of the molecule is CCCCNC(=O)C1CSCN1C(=O)c1ccc2[nH]c(=O)[nH]c2c1. The van der Waals surface area contributed by atoms with Crippen LogP contribution < -0.4 is 11.0 Å². The third-order valence-electron chi connectivity index (χ3n) is 4.04. The summed E-state index contributed by atoms with van der Waals surface area (Å²) in [5.41, 5.74) is 1.40. The fraction of sp³-hybridized carbons (Fsp3) is 0.438. The Morgan fingerprint density at radius 3 is 2.92 bits per heavy atom. The predicted molar refractivity (Wildman–Crippen MR) is 94.1 cm³/mol. The maximum absolute atomic E-state index is 12.8. The molecular weight excluding hydrogens is 328 g/mol. The number of hydrogen-bond acceptors (Lipinski definition) is 4. The van der Waals surface area contributed by atoms with Gasteiger partial charge in [0.1, 0.15) is 6.04 Å². The number of hydrogen-bond donors (Lipinski definition) is 3. The summed E-state index contributed by atoms with van der Waals surface area (Å²) in [6.07, 6.45) is 1.94. The Morgan fingerprint density at radius 2 is 2.12 bits per heavy atom. The van der Waals surface area contributed by atoms with Gasteiger partial charge in [0.05, 0.1) is 16.9 Å². The number of aromatic nitrogens is 2. The van der Waals surface area contributed by atoms with Gasteiger partial charge in [0.15, 0.2) is 0 Å². The van der Waals surface area contributed by atoms with E-state index in [4.69, 9.17) is 0 Å². The molecule has 2 aromatic rings. The molecule has 1 fully saturated rings. The number of unbranched alkanes of at least 4 members (excludes halogenated alkanes) is 1. The number of nitrogens with one attached hydrogen (secondary N) is 3. The molecule has 1 saturated heterocycles. The van der Waals surface area contributed by atoms with Crippen LogP contribution in [0.5, 0.6) is 0 Å². The van der Waals surface area contributed by atoms with Gasteiger partial charge in [-0.1, -0.05) is 13.3 Å². The van der Waals surface area contributed by atoms with Crippen LogP contribution in [0.15, 0.2) is 23.0 Å². The van der Waals surface area contributed by atoms with E-state index < -0.39 is 6.04 Å². The van der Waals surface area contributed by atoms with Crippen molar-refractivity contribution in [3.63, 3.8) is 0 Å². The average molecular weight is 348 g/mol. The number of carbonyl (C=O) groups excluding carboxylic acids is 2. The summed E-state index contributed by atoms with van der Waals surface area (Å²) < 4.78 is 0. The number of nitrogens with zero attached hydrogens (tertiary/aromatic N) is 1. The van der Waals surface area contributed by atoms with E-state index in [1.54, 1.807) is 34.9 Å². The van der Waals surface area contributed by atoms with Crippen molar-refractivity contribution in [2.75, 3.05) is 18.2 Å². The molecule has 0 bridgehead atoms. The molecule has 8 heteroatoms. The first-order valence-corrected chi connectivity index (χ1v) is 9.14. The molecule has 1 aromatic carbocycles. The molecule has 0 aliphatic carbocycles. The molecule has 7 nitrogen and oxygen atoms in total. The Balaban J connectivity index is 1.76. The van der Waals surface area contributed by atoms with Crippen molar-refractivity contribution in [3.05, 3.63) is 34.2 Å². The van der Waals surface area contributed by atoms with E-state index in [1.165, 1.54) is 0 Å². The number of rotatable bonds is 5. The lowest BCUT2D eigenvalue weighted by Gasteiger charge is -2.23. The number of imidazole rings is 1. The van der Waals surface area contributed by atoms with Crippen molar-refractivity contribution < 1.29 is 9.59 Å². The third kappa shape index (κ3) is 3.33. The maximum atomic E-state index is 12.8. The molecule has 0 spiro atoms. The van der Waals surface area contributed by atoms with Gasteiger partial charge in [-0.15, -0.1) is 11.8 Å². The van der Waals surface area contributed by atoms with Crippen LogP contribution in [0.3, 0.4) is 0 Å². The quantitative estimate of drug-likeness (QED) is 0.709. The number of carbonyl (C=O) groups is 2. The second kappa shape index (κ2) is 7.12. The number of thioether (sulfide) groups is 1. The number of fused-ring (bicyclic) bond motifs is 1. The van der Waals surface area contributed by atoms with Crippen LogP contribution in [-0.4, -0.2) is 50.9 Å². The first kappa shape index (κ1) is 16.6. The highest BCUT2D eigenvalue weighted by molar-refractivity contribution is 7.99. The summed E-state index contributed by atoms with van der Waals surface area (Å²) in [6, 6.07) is 4.56. The summed E-state index contributed by atoms with van der Waals surface area (Å²) >= 11 is 1.57. The average Bonchev–Trinajstić information content (AvgIpc) is 3.19. The second-order valence-corrected chi connectivity index (χ2v) is 6.77. The Bertz CT molecular complexity index is 813. The molecular formula is C16H20N4O3S. The van der Waals surface area contributed by atoms with Crippen LogP contribution in [0, 0.1) is 0 Å². The molecule has 1 aliphatic heterocycles. The monoisotopic (exact) mass is 348 g/mol. The fourth-order valence-electron chi connectivity index (χ4n) is 2.70. The minimum atomic E-state index is -0.444. The first-order valence-electron chi connectivity index (χ1n) is 7.98. The Hall–Kier alpha value is -2.22. The zero-order chi connectivity index (χ0) is 17.1. The lowest BCUT2D eigenvalue weighted by Crippen LogP contribution is -2.47. The Morgan fingerprint density at radius 1 is 1.33 bits per heavy atom.